The third-order valence-electron chi connectivity index (χ3n) is 5.12. The number of pyridine rings is 1. The number of carbonyl (C=O) groups excluding carboxylic acids is 1. The van der Waals surface area contributed by atoms with Crippen molar-refractivity contribution in [1.82, 2.24) is 24.8 Å². The van der Waals surface area contributed by atoms with Crippen LogP contribution in [0, 0.1) is 0 Å². The third-order valence-corrected chi connectivity index (χ3v) is 6.22. The van der Waals surface area contributed by atoms with E-state index in [2.05, 4.69) is 58.5 Å². The van der Waals surface area contributed by atoms with E-state index in [-0.39, 0.29) is 17.4 Å². The minimum atomic E-state index is -0.226. The van der Waals surface area contributed by atoms with Crippen molar-refractivity contribution < 1.29 is 4.79 Å². The van der Waals surface area contributed by atoms with Crippen molar-refractivity contribution in [3.63, 3.8) is 0 Å². The molecule has 2 N–H and O–H groups in total. The Kier molecular flexibility index (Phi) is 5.49. The van der Waals surface area contributed by atoms with E-state index in [0.29, 0.717) is 5.69 Å². The number of benzene rings is 1. The summed E-state index contributed by atoms with van der Waals surface area (Å²) in [6.07, 6.45) is 5.12. The molecular weight excluding hydrogens is 408 g/mol. The second-order valence-corrected chi connectivity index (χ2v) is 9.69. The van der Waals surface area contributed by atoms with Crippen LogP contribution < -0.4 is 10.6 Å². The lowest BCUT2D eigenvalue weighted by Gasteiger charge is -2.19. The second-order valence-electron chi connectivity index (χ2n) is 8.63. The summed E-state index contributed by atoms with van der Waals surface area (Å²) in [6, 6.07) is 9.92. The predicted molar refractivity (Wildman–Crippen MR) is 125 cm³/mol. The molecule has 0 spiro atoms. The molecule has 7 nitrogen and oxygen atoms in total. The van der Waals surface area contributed by atoms with Crippen LogP contribution in [0.25, 0.3) is 11.0 Å². The van der Waals surface area contributed by atoms with Crippen LogP contribution in [-0.4, -0.2) is 25.4 Å². The van der Waals surface area contributed by atoms with Gasteiger partial charge in [0.25, 0.3) is 5.91 Å². The normalized spacial score (nSPS) is 12.7. The number of anilines is 2. The van der Waals surface area contributed by atoms with Crippen molar-refractivity contribution in [3.05, 3.63) is 65.2 Å². The van der Waals surface area contributed by atoms with Crippen LogP contribution in [0.5, 0.6) is 0 Å². The maximum absolute atomic E-state index is 12.7. The summed E-state index contributed by atoms with van der Waals surface area (Å²) in [5.41, 5.74) is 4.34. The molecule has 3 aromatic heterocycles. The monoisotopic (exact) mass is 434 g/mol. The van der Waals surface area contributed by atoms with Crippen LogP contribution in [0.3, 0.4) is 0 Å². The summed E-state index contributed by atoms with van der Waals surface area (Å²) in [7, 11) is 1.89. The molecule has 1 atom stereocenters. The Hall–Kier alpha value is -3.26. The molecule has 0 aliphatic carbocycles. The Labute approximate surface area is 185 Å². The van der Waals surface area contributed by atoms with Crippen LogP contribution in [0.4, 0.5) is 10.8 Å². The Balaban J connectivity index is 1.44. The van der Waals surface area contributed by atoms with Crippen molar-refractivity contribution in [2.45, 2.75) is 39.2 Å². The van der Waals surface area contributed by atoms with Gasteiger partial charge >= 0.3 is 0 Å². The summed E-state index contributed by atoms with van der Waals surface area (Å²) < 4.78 is 1.87. The lowest BCUT2D eigenvalue weighted by molar-refractivity contribution is 0.0935. The molecule has 31 heavy (non-hydrogen) atoms. The fourth-order valence-corrected chi connectivity index (χ4v) is 4.07. The van der Waals surface area contributed by atoms with Gasteiger partial charge in [-0.05, 0) is 36.1 Å². The molecule has 0 aliphatic rings. The molecular formula is C23H26N6OS. The maximum Gasteiger partial charge on any atom is 0.270 e. The van der Waals surface area contributed by atoms with E-state index in [0.717, 1.165) is 26.7 Å². The van der Waals surface area contributed by atoms with E-state index in [1.807, 2.05) is 30.7 Å². The highest BCUT2D eigenvalue weighted by atomic mass is 32.1. The number of thiazole rings is 1. The molecule has 4 rings (SSSR count). The molecule has 3 heterocycles. The SMILES string of the molecule is CC(NC(=O)c1cc2c(cn1)ncn2C)c1cnc(Nc2cccc(C(C)(C)C)c2)s1. The highest BCUT2D eigenvalue weighted by molar-refractivity contribution is 7.15. The van der Waals surface area contributed by atoms with E-state index in [1.165, 1.54) is 16.9 Å². The van der Waals surface area contributed by atoms with Crippen molar-refractivity contribution >= 4 is 39.1 Å². The van der Waals surface area contributed by atoms with E-state index >= 15 is 0 Å². The van der Waals surface area contributed by atoms with Crippen molar-refractivity contribution in [3.8, 4) is 0 Å². The van der Waals surface area contributed by atoms with Crippen LogP contribution >= 0.6 is 11.3 Å². The van der Waals surface area contributed by atoms with Gasteiger partial charge in [0.2, 0.25) is 0 Å². The number of aryl methyl sites for hydroxylation is 1. The lowest BCUT2D eigenvalue weighted by Crippen LogP contribution is -2.26. The summed E-state index contributed by atoms with van der Waals surface area (Å²) >= 11 is 1.52. The number of imidazole rings is 1. The van der Waals surface area contributed by atoms with E-state index in [9.17, 15) is 4.79 Å². The topological polar surface area (TPSA) is 84.7 Å². The van der Waals surface area contributed by atoms with Gasteiger partial charge in [-0.2, -0.15) is 0 Å². The van der Waals surface area contributed by atoms with Gasteiger partial charge in [-0.1, -0.05) is 44.2 Å². The van der Waals surface area contributed by atoms with E-state index < -0.39 is 0 Å². The smallest absolute Gasteiger partial charge is 0.270 e. The number of aromatic nitrogens is 4. The van der Waals surface area contributed by atoms with Gasteiger partial charge in [0.05, 0.1) is 24.1 Å². The highest BCUT2D eigenvalue weighted by Crippen LogP contribution is 2.29. The Morgan fingerprint density at radius 2 is 1.94 bits per heavy atom. The molecule has 0 bridgehead atoms. The van der Waals surface area contributed by atoms with E-state index in [4.69, 9.17) is 0 Å². The molecule has 8 heteroatoms. The summed E-state index contributed by atoms with van der Waals surface area (Å²) in [4.78, 5) is 26.6. The largest absolute Gasteiger partial charge is 0.343 e. The molecule has 0 saturated heterocycles. The van der Waals surface area contributed by atoms with Crippen molar-refractivity contribution in [2.75, 3.05) is 5.32 Å². The molecule has 1 amide bonds. The average molecular weight is 435 g/mol. The van der Waals surface area contributed by atoms with Gasteiger partial charge in [-0.15, -0.1) is 0 Å². The molecule has 0 saturated carbocycles. The zero-order valence-corrected chi connectivity index (χ0v) is 19.1. The van der Waals surface area contributed by atoms with Gasteiger partial charge in [-0.3, -0.25) is 4.79 Å². The standard InChI is InChI=1S/C23H26N6OS/c1-14(27-21(30)17-10-19-18(11-24-17)26-13-29(19)5)20-12-25-22(31-20)28-16-8-6-7-15(9-16)23(2,3)4/h6-14H,1-5H3,(H,25,28)(H,27,30). The van der Waals surface area contributed by atoms with Gasteiger partial charge in [-0.25, -0.2) is 15.0 Å². The summed E-state index contributed by atoms with van der Waals surface area (Å²) in [5.74, 6) is -0.226. The maximum atomic E-state index is 12.7. The predicted octanol–water partition coefficient (Wildman–Crippen LogP) is 4.96. The zero-order valence-electron chi connectivity index (χ0n) is 18.3. The number of nitrogens with one attached hydrogen (secondary N) is 2. The molecule has 4 aromatic rings. The van der Waals surface area contributed by atoms with Crippen LogP contribution in [0.1, 0.15) is 54.7 Å². The minimum absolute atomic E-state index is 0.0804. The minimum Gasteiger partial charge on any atom is -0.343 e. The Morgan fingerprint density at radius 1 is 1.13 bits per heavy atom. The van der Waals surface area contributed by atoms with Gasteiger partial charge in [0, 0.05) is 23.8 Å². The Morgan fingerprint density at radius 3 is 2.71 bits per heavy atom. The Bertz CT molecular complexity index is 1240. The number of amides is 1. The average Bonchev–Trinajstić information content (AvgIpc) is 3.34. The first-order chi connectivity index (χ1) is 14.7. The first-order valence-electron chi connectivity index (χ1n) is 10.1. The van der Waals surface area contributed by atoms with Gasteiger partial charge < -0.3 is 15.2 Å². The fraction of sp³-hybridized carbons (Fsp3) is 0.304. The molecule has 1 unspecified atom stereocenters. The fourth-order valence-electron chi connectivity index (χ4n) is 3.23. The van der Waals surface area contributed by atoms with Crippen molar-refractivity contribution in [1.29, 1.82) is 0 Å². The van der Waals surface area contributed by atoms with Gasteiger partial charge in [0.1, 0.15) is 11.2 Å². The second kappa shape index (κ2) is 8.11. The summed E-state index contributed by atoms with van der Waals surface area (Å²) in [6.45, 7) is 8.52. The molecule has 1 aromatic carbocycles. The van der Waals surface area contributed by atoms with Gasteiger partial charge in [0.15, 0.2) is 5.13 Å². The highest BCUT2D eigenvalue weighted by Gasteiger charge is 2.17. The number of fused-ring (bicyclic) bond motifs is 1. The molecule has 0 radical (unpaired) electrons. The number of carbonyl (C=O) groups is 1. The number of nitrogens with zero attached hydrogens (tertiary/aromatic N) is 4. The summed E-state index contributed by atoms with van der Waals surface area (Å²) in [5, 5.41) is 7.17. The molecule has 0 aliphatic heterocycles. The number of rotatable bonds is 5. The number of hydrogen-bond donors (Lipinski definition) is 2. The first kappa shape index (κ1) is 21.0. The third kappa shape index (κ3) is 4.59. The number of hydrogen-bond acceptors (Lipinski definition) is 6. The quantitative estimate of drug-likeness (QED) is 0.464. The molecule has 160 valence electrons. The van der Waals surface area contributed by atoms with E-state index in [1.54, 1.807) is 24.8 Å². The van der Waals surface area contributed by atoms with Crippen LogP contribution in [-0.2, 0) is 12.5 Å². The van der Waals surface area contributed by atoms with Crippen LogP contribution in [0.15, 0.2) is 49.1 Å². The zero-order chi connectivity index (χ0) is 22.2. The van der Waals surface area contributed by atoms with Crippen LogP contribution in [0.2, 0.25) is 0 Å². The first-order valence-corrected chi connectivity index (χ1v) is 10.9. The van der Waals surface area contributed by atoms with Crippen molar-refractivity contribution in [2.24, 2.45) is 7.05 Å². The lowest BCUT2D eigenvalue weighted by atomic mass is 9.87. The molecule has 0 fully saturated rings.